The molecule has 0 radical (unpaired) electrons. The summed E-state index contributed by atoms with van der Waals surface area (Å²) < 4.78 is 12.1. The van der Waals surface area contributed by atoms with E-state index < -0.39 is 0 Å². The molecule has 1 aromatic heterocycles. The van der Waals surface area contributed by atoms with Crippen LogP contribution in [0.4, 0.5) is 0 Å². The molecule has 1 heterocycles. The third kappa shape index (κ3) is 4.31. The van der Waals surface area contributed by atoms with E-state index in [4.69, 9.17) is 9.15 Å². The highest BCUT2D eigenvalue weighted by molar-refractivity contribution is 9.10. The Balaban J connectivity index is 1.68. The summed E-state index contributed by atoms with van der Waals surface area (Å²) in [6.07, 6.45) is 1.52. The Labute approximate surface area is 155 Å². The van der Waals surface area contributed by atoms with Crippen molar-refractivity contribution in [3.8, 4) is 5.75 Å². The fraction of sp³-hybridized carbons (Fsp3) is 0.150. The topological polar surface area (TPSA) is 42.7 Å². The zero-order chi connectivity index (χ0) is 17.6. The highest BCUT2D eigenvalue weighted by atomic mass is 79.9. The summed E-state index contributed by atoms with van der Waals surface area (Å²) >= 11 is 3.51. The molecule has 3 aromatic rings. The molecule has 0 saturated carbocycles. The predicted molar refractivity (Wildman–Crippen MR) is 99.4 cm³/mol. The van der Waals surface area contributed by atoms with Crippen LogP contribution in [0.15, 0.2) is 75.8 Å². The monoisotopic (exact) mass is 399 g/mol. The van der Waals surface area contributed by atoms with Crippen molar-refractivity contribution >= 4 is 21.8 Å². The molecule has 0 saturated heterocycles. The fourth-order valence-electron chi connectivity index (χ4n) is 2.44. The maximum absolute atomic E-state index is 12.7. The molecule has 4 nitrogen and oxygen atoms in total. The van der Waals surface area contributed by atoms with Gasteiger partial charge in [0.15, 0.2) is 5.76 Å². The van der Waals surface area contributed by atoms with Crippen molar-refractivity contribution in [3.05, 3.63) is 88.3 Å². The lowest BCUT2D eigenvalue weighted by Gasteiger charge is -2.17. The van der Waals surface area contributed by atoms with E-state index in [-0.39, 0.29) is 12.5 Å². The first-order valence-electron chi connectivity index (χ1n) is 7.88. The van der Waals surface area contributed by atoms with Gasteiger partial charge in [-0.15, -0.1) is 0 Å². The van der Waals surface area contributed by atoms with E-state index in [1.165, 1.54) is 6.26 Å². The van der Waals surface area contributed by atoms with E-state index >= 15 is 0 Å². The number of hydrogen-bond acceptors (Lipinski definition) is 3. The molecule has 0 N–H and O–H groups in total. The number of amides is 1. The maximum atomic E-state index is 12.7. The summed E-state index contributed by atoms with van der Waals surface area (Å²) in [6, 6.07) is 19.1. The predicted octanol–water partition coefficient (Wildman–Crippen LogP) is 4.89. The Morgan fingerprint density at radius 3 is 2.52 bits per heavy atom. The lowest BCUT2D eigenvalue weighted by atomic mass is 10.2. The molecular formula is C20H18BrNO3. The van der Waals surface area contributed by atoms with Gasteiger partial charge in [0.05, 0.1) is 6.26 Å². The van der Waals surface area contributed by atoms with Gasteiger partial charge in [0.2, 0.25) is 0 Å². The lowest BCUT2D eigenvalue weighted by molar-refractivity contribution is 0.0749. The van der Waals surface area contributed by atoms with Crippen LogP contribution in [0.1, 0.15) is 21.7 Å². The van der Waals surface area contributed by atoms with Gasteiger partial charge < -0.3 is 14.1 Å². The van der Waals surface area contributed by atoms with Crippen LogP contribution < -0.4 is 4.74 Å². The van der Waals surface area contributed by atoms with Gasteiger partial charge in [-0.05, 0) is 29.8 Å². The molecule has 0 unspecified atom stereocenters. The van der Waals surface area contributed by atoms with Crippen LogP contribution in [-0.4, -0.2) is 17.9 Å². The zero-order valence-corrected chi connectivity index (χ0v) is 15.4. The Kier molecular flexibility index (Phi) is 5.56. The number of carbonyl (C=O) groups is 1. The minimum Gasteiger partial charge on any atom is -0.489 e. The van der Waals surface area contributed by atoms with E-state index in [0.29, 0.717) is 12.3 Å². The molecule has 128 valence electrons. The average Bonchev–Trinajstić information content (AvgIpc) is 3.10. The van der Waals surface area contributed by atoms with Crippen molar-refractivity contribution in [2.75, 3.05) is 7.05 Å². The van der Waals surface area contributed by atoms with Crippen LogP contribution in [0.3, 0.4) is 0 Å². The first-order valence-corrected chi connectivity index (χ1v) is 8.67. The number of halogens is 1. The fourth-order valence-corrected chi connectivity index (χ4v) is 2.85. The summed E-state index contributed by atoms with van der Waals surface area (Å²) in [6.45, 7) is 0.768. The SMILES string of the molecule is CN(Cc1ccccc1Br)C(=O)c1occc1COc1ccccc1. The first-order chi connectivity index (χ1) is 12.1. The molecule has 0 aliphatic heterocycles. The smallest absolute Gasteiger partial charge is 0.290 e. The lowest BCUT2D eigenvalue weighted by Crippen LogP contribution is -2.27. The molecule has 2 aromatic carbocycles. The van der Waals surface area contributed by atoms with Gasteiger partial charge in [0, 0.05) is 23.6 Å². The van der Waals surface area contributed by atoms with Crippen LogP contribution in [0.2, 0.25) is 0 Å². The van der Waals surface area contributed by atoms with Crippen LogP contribution in [0.5, 0.6) is 5.75 Å². The second-order valence-electron chi connectivity index (χ2n) is 5.63. The van der Waals surface area contributed by atoms with Gasteiger partial charge in [-0.25, -0.2) is 0 Å². The van der Waals surface area contributed by atoms with Crippen molar-refractivity contribution < 1.29 is 13.9 Å². The van der Waals surface area contributed by atoms with Crippen molar-refractivity contribution in [1.82, 2.24) is 4.90 Å². The van der Waals surface area contributed by atoms with E-state index in [1.807, 2.05) is 54.6 Å². The number of furan rings is 1. The Hall–Kier alpha value is -2.53. The van der Waals surface area contributed by atoms with Crippen LogP contribution in [0, 0.1) is 0 Å². The highest BCUT2D eigenvalue weighted by Crippen LogP contribution is 2.20. The number of para-hydroxylation sites is 1. The van der Waals surface area contributed by atoms with E-state index in [9.17, 15) is 4.79 Å². The Morgan fingerprint density at radius 2 is 1.76 bits per heavy atom. The van der Waals surface area contributed by atoms with Gasteiger partial charge in [0.25, 0.3) is 5.91 Å². The first kappa shape index (κ1) is 17.3. The minimum atomic E-state index is -0.174. The van der Waals surface area contributed by atoms with Gasteiger partial charge in [0.1, 0.15) is 12.4 Å². The normalized spacial score (nSPS) is 10.5. The number of ether oxygens (including phenoxy) is 1. The number of rotatable bonds is 6. The van der Waals surface area contributed by atoms with Gasteiger partial charge in [-0.2, -0.15) is 0 Å². The van der Waals surface area contributed by atoms with Crippen molar-refractivity contribution in [2.45, 2.75) is 13.2 Å². The van der Waals surface area contributed by atoms with Crippen LogP contribution >= 0.6 is 15.9 Å². The largest absolute Gasteiger partial charge is 0.489 e. The number of carbonyl (C=O) groups excluding carboxylic acids is 1. The number of nitrogens with zero attached hydrogens (tertiary/aromatic N) is 1. The molecule has 0 aliphatic carbocycles. The maximum Gasteiger partial charge on any atom is 0.290 e. The van der Waals surface area contributed by atoms with Gasteiger partial charge in [-0.1, -0.05) is 52.3 Å². The second-order valence-corrected chi connectivity index (χ2v) is 6.48. The molecule has 25 heavy (non-hydrogen) atoms. The zero-order valence-electron chi connectivity index (χ0n) is 13.8. The van der Waals surface area contributed by atoms with Crippen molar-refractivity contribution in [3.63, 3.8) is 0 Å². The summed E-state index contributed by atoms with van der Waals surface area (Å²) in [7, 11) is 1.76. The summed E-state index contributed by atoms with van der Waals surface area (Å²) in [5, 5.41) is 0. The standard InChI is InChI=1S/C20H18BrNO3/c1-22(13-15-7-5-6-10-18(15)21)20(23)19-16(11-12-24-19)14-25-17-8-3-2-4-9-17/h2-12H,13-14H2,1H3. The molecule has 0 fully saturated rings. The average molecular weight is 400 g/mol. The second kappa shape index (κ2) is 8.03. The summed E-state index contributed by atoms with van der Waals surface area (Å²) in [5.41, 5.74) is 1.76. The molecule has 0 spiro atoms. The van der Waals surface area contributed by atoms with E-state index in [0.717, 1.165) is 21.3 Å². The third-order valence-corrected chi connectivity index (χ3v) is 4.56. The Morgan fingerprint density at radius 1 is 1.04 bits per heavy atom. The van der Waals surface area contributed by atoms with Crippen molar-refractivity contribution in [2.24, 2.45) is 0 Å². The van der Waals surface area contributed by atoms with Gasteiger partial charge in [-0.3, -0.25) is 4.79 Å². The molecular weight excluding hydrogens is 382 g/mol. The molecule has 0 atom stereocenters. The van der Waals surface area contributed by atoms with Crippen LogP contribution in [-0.2, 0) is 13.2 Å². The van der Waals surface area contributed by atoms with E-state index in [1.54, 1.807) is 18.0 Å². The highest BCUT2D eigenvalue weighted by Gasteiger charge is 2.20. The Bertz CT molecular complexity index is 845. The molecule has 0 bridgehead atoms. The number of benzene rings is 2. The summed E-state index contributed by atoms with van der Waals surface area (Å²) in [4.78, 5) is 14.3. The molecule has 1 amide bonds. The van der Waals surface area contributed by atoms with E-state index in [2.05, 4.69) is 15.9 Å². The minimum absolute atomic E-state index is 0.174. The van der Waals surface area contributed by atoms with Crippen LogP contribution in [0.25, 0.3) is 0 Å². The summed E-state index contributed by atoms with van der Waals surface area (Å²) in [5.74, 6) is 0.890. The third-order valence-electron chi connectivity index (χ3n) is 3.79. The number of hydrogen-bond donors (Lipinski definition) is 0. The molecule has 3 rings (SSSR count). The van der Waals surface area contributed by atoms with Crippen molar-refractivity contribution in [1.29, 1.82) is 0 Å². The molecule has 5 heteroatoms. The molecule has 0 aliphatic rings. The van der Waals surface area contributed by atoms with Gasteiger partial charge >= 0.3 is 0 Å². The quantitative estimate of drug-likeness (QED) is 0.592.